The minimum Gasteiger partial charge on any atom is -0.508 e. The van der Waals surface area contributed by atoms with Gasteiger partial charge >= 0.3 is 0 Å². The second kappa shape index (κ2) is 8.07. The molecule has 2 atom stereocenters. The summed E-state index contributed by atoms with van der Waals surface area (Å²) in [5.74, 6) is -1.81. The van der Waals surface area contributed by atoms with Gasteiger partial charge in [0.1, 0.15) is 12.0 Å². The number of fused-ring (bicyclic) bond motifs is 1. The van der Waals surface area contributed by atoms with Crippen molar-refractivity contribution in [2.75, 3.05) is 5.01 Å². The number of nitrogens with zero attached hydrogens (tertiary/aromatic N) is 1. The minimum atomic E-state index is -0.896. The number of hydrazine groups is 1. The van der Waals surface area contributed by atoms with Crippen LogP contribution in [0.1, 0.15) is 17.5 Å². The first-order valence-corrected chi connectivity index (χ1v) is 8.54. The molecular formula is C19H21N3O5. The molecule has 8 nitrogen and oxygen atoms in total. The van der Waals surface area contributed by atoms with Gasteiger partial charge < -0.3 is 10.2 Å². The number of hydrogen-bond acceptors (Lipinski definition) is 6. The standard InChI is InChI=1S/C19H21N3O5/c23-15-7-5-12(6-8-15)9-14(10-17(24)21-27)19(26)20-22-16-4-2-1-3-13(16)11-18(22)25/h1-8,14,18,23,25,27H,9-11H2,(H,20,26)(H,21,24)/t14-,18-/m1/s1. The van der Waals surface area contributed by atoms with Crippen LogP contribution in [0.3, 0.4) is 0 Å². The van der Waals surface area contributed by atoms with Gasteiger partial charge in [-0.05, 0) is 35.7 Å². The van der Waals surface area contributed by atoms with Crippen LogP contribution >= 0.6 is 0 Å². The number of carbonyl (C=O) groups excluding carboxylic acids is 2. The number of benzene rings is 2. The number of aromatic hydroxyl groups is 1. The molecule has 0 spiro atoms. The van der Waals surface area contributed by atoms with Crippen LogP contribution in [0.5, 0.6) is 5.75 Å². The molecule has 0 aliphatic carbocycles. The molecule has 0 fully saturated rings. The largest absolute Gasteiger partial charge is 0.508 e. The van der Waals surface area contributed by atoms with Crippen molar-refractivity contribution in [3.05, 3.63) is 59.7 Å². The minimum absolute atomic E-state index is 0.102. The molecule has 3 rings (SSSR count). The van der Waals surface area contributed by atoms with Gasteiger partial charge in [0, 0.05) is 12.8 Å². The molecule has 1 aliphatic heterocycles. The second-order valence-electron chi connectivity index (χ2n) is 6.47. The van der Waals surface area contributed by atoms with E-state index in [1.807, 2.05) is 18.2 Å². The van der Waals surface area contributed by atoms with Crippen LogP contribution in [-0.4, -0.2) is 33.5 Å². The number of phenolic OH excluding ortho intramolecular Hbond substituents is 1. The van der Waals surface area contributed by atoms with Gasteiger partial charge in [0.2, 0.25) is 11.8 Å². The summed E-state index contributed by atoms with van der Waals surface area (Å²) in [6.45, 7) is 0. The van der Waals surface area contributed by atoms with Crippen molar-refractivity contribution in [3.8, 4) is 5.75 Å². The molecule has 0 radical (unpaired) electrons. The summed E-state index contributed by atoms with van der Waals surface area (Å²) in [5, 5.41) is 29.8. The molecule has 0 aromatic heterocycles. The van der Waals surface area contributed by atoms with Crippen molar-refractivity contribution in [2.45, 2.75) is 25.5 Å². The number of rotatable bonds is 6. The quantitative estimate of drug-likeness (QED) is 0.379. The molecule has 0 saturated carbocycles. The Kier molecular flexibility index (Phi) is 5.58. The molecule has 2 aromatic carbocycles. The normalized spacial score (nSPS) is 16.5. The van der Waals surface area contributed by atoms with Crippen molar-refractivity contribution < 1.29 is 25.0 Å². The highest BCUT2D eigenvalue weighted by Gasteiger charge is 2.31. The Bertz CT molecular complexity index is 824. The zero-order valence-electron chi connectivity index (χ0n) is 14.5. The van der Waals surface area contributed by atoms with E-state index >= 15 is 0 Å². The lowest BCUT2D eigenvalue weighted by Crippen LogP contribution is -2.49. The van der Waals surface area contributed by atoms with Crippen molar-refractivity contribution >= 4 is 17.5 Å². The third-order valence-electron chi connectivity index (χ3n) is 4.53. The van der Waals surface area contributed by atoms with Crippen LogP contribution in [0.2, 0.25) is 0 Å². The Morgan fingerprint density at radius 3 is 2.56 bits per heavy atom. The number of amides is 2. The fourth-order valence-electron chi connectivity index (χ4n) is 3.16. The first-order chi connectivity index (χ1) is 13.0. The van der Waals surface area contributed by atoms with E-state index in [2.05, 4.69) is 5.43 Å². The summed E-state index contributed by atoms with van der Waals surface area (Å²) >= 11 is 0. The maximum absolute atomic E-state index is 12.8. The molecule has 0 bridgehead atoms. The van der Waals surface area contributed by atoms with E-state index in [0.29, 0.717) is 12.1 Å². The number of carbonyl (C=O) groups is 2. The number of phenols is 1. The lowest BCUT2D eigenvalue weighted by Gasteiger charge is -2.27. The average molecular weight is 371 g/mol. The Morgan fingerprint density at radius 2 is 1.85 bits per heavy atom. The van der Waals surface area contributed by atoms with Gasteiger partial charge in [0.25, 0.3) is 0 Å². The number of hydrogen-bond donors (Lipinski definition) is 5. The highest BCUT2D eigenvalue weighted by molar-refractivity contribution is 5.86. The average Bonchev–Trinajstić information content (AvgIpc) is 2.98. The molecule has 2 amide bonds. The Labute approximate surface area is 156 Å². The number of hydroxylamine groups is 1. The summed E-state index contributed by atoms with van der Waals surface area (Å²) in [6.07, 6.45) is -0.511. The molecule has 1 aliphatic rings. The fraction of sp³-hybridized carbons (Fsp3) is 0.263. The molecule has 142 valence electrons. The van der Waals surface area contributed by atoms with Crippen LogP contribution in [0.4, 0.5) is 5.69 Å². The number of nitrogens with one attached hydrogen (secondary N) is 2. The lowest BCUT2D eigenvalue weighted by molar-refractivity contribution is -0.135. The monoisotopic (exact) mass is 371 g/mol. The zero-order valence-corrected chi connectivity index (χ0v) is 14.5. The molecule has 0 unspecified atom stereocenters. The Hall–Kier alpha value is -3.10. The lowest BCUT2D eigenvalue weighted by atomic mass is 9.95. The van der Waals surface area contributed by atoms with Crippen LogP contribution in [0, 0.1) is 5.92 Å². The van der Waals surface area contributed by atoms with Gasteiger partial charge in [0.15, 0.2) is 0 Å². The maximum atomic E-state index is 12.8. The van der Waals surface area contributed by atoms with E-state index < -0.39 is 24.0 Å². The Balaban J connectivity index is 1.76. The SMILES string of the molecule is O=C(C[C@@H](Cc1ccc(O)cc1)C(=O)NN1c2ccccc2C[C@H]1O)NO. The number of aliphatic hydroxyl groups excluding tert-OH is 1. The fourth-order valence-corrected chi connectivity index (χ4v) is 3.16. The summed E-state index contributed by atoms with van der Waals surface area (Å²) in [5.41, 5.74) is 6.58. The number of anilines is 1. The molecule has 5 N–H and O–H groups in total. The predicted octanol–water partition coefficient (Wildman–Crippen LogP) is 0.859. The summed E-state index contributed by atoms with van der Waals surface area (Å²) in [4.78, 5) is 24.4. The highest BCUT2D eigenvalue weighted by atomic mass is 16.5. The van der Waals surface area contributed by atoms with Crippen LogP contribution in [0.25, 0.3) is 0 Å². The number of para-hydroxylation sites is 1. The molecule has 0 saturated heterocycles. The van der Waals surface area contributed by atoms with Gasteiger partial charge in [0.05, 0.1) is 11.6 Å². The third kappa shape index (κ3) is 4.36. The molecular weight excluding hydrogens is 350 g/mol. The first kappa shape index (κ1) is 18.7. The van der Waals surface area contributed by atoms with Gasteiger partial charge in [-0.25, -0.2) is 5.48 Å². The molecule has 1 heterocycles. The van der Waals surface area contributed by atoms with Gasteiger partial charge in [-0.1, -0.05) is 30.3 Å². The third-order valence-corrected chi connectivity index (χ3v) is 4.53. The number of aliphatic hydroxyl groups is 1. The van der Waals surface area contributed by atoms with Crippen molar-refractivity contribution in [1.29, 1.82) is 0 Å². The van der Waals surface area contributed by atoms with Crippen LogP contribution in [-0.2, 0) is 22.4 Å². The zero-order chi connectivity index (χ0) is 19.4. The second-order valence-corrected chi connectivity index (χ2v) is 6.47. The van der Waals surface area contributed by atoms with E-state index in [1.165, 1.54) is 17.1 Å². The van der Waals surface area contributed by atoms with E-state index in [9.17, 15) is 19.8 Å². The van der Waals surface area contributed by atoms with Crippen LogP contribution < -0.4 is 15.9 Å². The molecule has 2 aromatic rings. The van der Waals surface area contributed by atoms with Crippen molar-refractivity contribution in [3.63, 3.8) is 0 Å². The maximum Gasteiger partial charge on any atom is 0.244 e. The Morgan fingerprint density at radius 1 is 1.15 bits per heavy atom. The first-order valence-electron chi connectivity index (χ1n) is 8.54. The van der Waals surface area contributed by atoms with E-state index in [-0.39, 0.29) is 18.6 Å². The van der Waals surface area contributed by atoms with Crippen molar-refractivity contribution in [1.82, 2.24) is 10.9 Å². The molecule has 8 heteroatoms. The van der Waals surface area contributed by atoms with E-state index in [0.717, 1.165) is 11.1 Å². The molecule has 27 heavy (non-hydrogen) atoms. The summed E-state index contributed by atoms with van der Waals surface area (Å²) in [7, 11) is 0. The predicted molar refractivity (Wildman–Crippen MR) is 96.6 cm³/mol. The van der Waals surface area contributed by atoms with Crippen molar-refractivity contribution in [2.24, 2.45) is 5.92 Å². The van der Waals surface area contributed by atoms with E-state index in [1.54, 1.807) is 23.7 Å². The smallest absolute Gasteiger partial charge is 0.244 e. The topological polar surface area (TPSA) is 122 Å². The summed E-state index contributed by atoms with van der Waals surface area (Å²) in [6, 6.07) is 13.6. The highest BCUT2D eigenvalue weighted by Crippen LogP contribution is 2.29. The summed E-state index contributed by atoms with van der Waals surface area (Å²) < 4.78 is 0. The van der Waals surface area contributed by atoms with Gasteiger partial charge in [-0.2, -0.15) is 0 Å². The van der Waals surface area contributed by atoms with E-state index in [4.69, 9.17) is 5.21 Å². The van der Waals surface area contributed by atoms with Gasteiger partial charge in [-0.3, -0.25) is 25.2 Å². The van der Waals surface area contributed by atoms with Gasteiger partial charge in [-0.15, -0.1) is 0 Å². The van der Waals surface area contributed by atoms with Crippen LogP contribution in [0.15, 0.2) is 48.5 Å².